The van der Waals surface area contributed by atoms with E-state index >= 15 is 0 Å². The van der Waals surface area contributed by atoms with Gasteiger partial charge in [0.1, 0.15) is 11.9 Å². The molecule has 0 heterocycles. The fraction of sp³-hybridized carbons (Fsp3) is 0.500. The van der Waals surface area contributed by atoms with E-state index in [0.717, 1.165) is 17.7 Å². The van der Waals surface area contributed by atoms with Crippen LogP contribution in [0.5, 0.6) is 0 Å². The molecule has 0 aliphatic carbocycles. The number of aryl methyl sites for hydroxylation is 1. The van der Waals surface area contributed by atoms with E-state index in [9.17, 15) is 9.18 Å². The molecular formula is C14H21FN2O2. The molecule has 1 unspecified atom stereocenters. The molecule has 0 radical (unpaired) electrons. The van der Waals surface area contributed by atoms with Crippen molar-refractivity contribution in [3.8, 4) is 0 Å². The molecule has 0 spiro atoms. The standard InChI is InChI=1S/C14H21FN2O2/c1-10-9-11(15)5-6-12(10)13(14(18)19-4)16-7-8-17(2)3/h5-6,9,13,16H,7-8H2,1-4H3. The van der Waals surface area contributed by atoms with Gasteiger partial charge in [-0.25, -0.2) is 9.18 Å². The van der Waals surface area contributed by atoms with Crippen molar-refractivity contribution in [1.82, 2.24) is 10.2 Å². The maximum absolute atomic E-state index is 13.1. The molecule has 0 aliphatic heterocycles. The number of ether oxygens (including phenoxy) is 1. The highest BCUT2D eigenvalue weighted by Gasteiger charge is 2.22. The second-order valence-electron chi connectivity index (χ2n) is 4.71. The fourth-order valence-electron chi connectivity index (χ4n) is 1.83. The number of hydrogen-bond donors (Lipinski definition) is 1. The van der Waals surface area contributed by atoms with E-state index in [1.807, 2.05) is 19.0 Å². The van der Waals surface area contributed by atoms with Crippen molar-refractivity contribution in [2.24, 2.45) is 0 Å². The third-order valence-electron chi connectivity index (χ3n) is 2.89. The Morgan fingerprint density at radius 1 is 1.47 bits per heavy atom. The zero-order chi connectivity index (χ0) is 14.4. The smallest absolute Gasteiger partial charge is 0.327 e. The molecular weight excluding hydrogens is 247 g/mol. The van der Waals surface area contributed by atoms with E-state index in [-0.39, 0.29) is 11.8 Å². The highest BCUT2D eigenvalue weighted by Crippen LogP contribution is 2.19. The Morgan fingerprint density at radius 2 is 2.16 bits per heavy atom. The predicted octanol–water partition coefficient (Wildman–Crippen LogP) is 1.50. The van der Waals surface area contributed by atoms with Gasteiger partial charge in [0.15, 0.2) is 0 Å². The monoisotopic (exact) mass is 268 g/mol. The average molecular weight is 268 g/mol. The summed E-state index contributed by atoms with van der Waals surface area (Å²) < 4.78 is 17.9. The minimum atomic E-state index is -0.564. The van der Waals surface area contributed by atoms with Gasteiger partial charge in [0.25, 0.3) is 0 Å². The number of benzene rings is 1. The molecule has 0 fully saturated rings. The zero-order valence-electron chi connectivity index (χ0n) is 11.9. The van der Waals surface area contributed by atoms with Crippen molar-refractivity contribution in [3.63, 3.8) is 0 Å². The number of rotatable bonds is 6. The van der Waals surface area contributed by atoms with Crippen molar-refractivity contribution >= 4 is 5.97 Å². The van der Waals surface area contributed by atoms with Crippen LogP contribution in [0.2, 0.25) is 0 Å². The maximum Gasteiger partial charge on any atom is 0.327 e. The quantitative estimate of drug-likeness (QED) is 0.794. The van der Waals surface area contributed by atoms with Crippen LogP contribution < -0.4 is 5.32 Å². The van der Waals surface area contributed by atoms with Crippen LogP contribution in [-0.4, -0.2) is 45.2 Å². The van der Waals surface area contributed by atoms with E-state index in [0.29, 0.717) is 6.54 Å². The van der Waals surface area contributed by atoms with Crippen LogP contribution in [0, 0.1) is 12.7 Å². The van der Waals surface area contributed by atoms with Crippen molar-refractivity contribution in [1.29, 1.82) is 0 Å². The summed E-state index contributed by atoms with van der Waals surface area (Å²) in [6, 6.07) is 3.82. The molecule has 1 aromatic carbocycles. The summed E-state index contributed by atoms with van der Waals surface area (Å²) in [7, 11) is 5.26. The molecule has 0 saturated carbocycles. The van der Waals surface area contributed by atoms with Gasteiger partial charge in [-0.2, -0.15) is 0 Å². The fourth-order valence-corrected chi connectivity index (χ4v) is 1.83. The van der Waals surface area contributed by atoms with Crippen LogP contribution >= 0.6 is 0 Å². The van der Waals surface area contributed by atoms with Gasteiger partial charge in [-0.1, -0.05) is 6.07 Å². The summed E-state index contributed by atoms with van der Waals surface area (Å²) in [5.41, 5.74) is 1.47. The molecule has 0 bridgehead atoms. The number of hydrogen-bond acceptors (Lipinski definition) is 4. The average Bonchev–Trinajstić information content (AvgIpc) is 2.34. The Balaban J connectivity index is 2.87. The van der Waals surface area contributed by atoms with Gasteiger partial charge in [0.2, 0.25) is 0 Å². The number of methoxy groups -OCH3 is 1. The molecule has 1 rings (SSSR count). The number of carbonyl (C=O) groups is 1. The summed E-state index contributed by atoms with van der Waals surface area (Å²) in [6.07, 6.45) is 0. The van der Waals surface area contributed by atoms with E-state index in [4.69, 9.17) is 4.74 Å². The van der Waals surface area contributed by atoms with Crippen LogP contribution in [0.1, 0.15) is 17.2 Å². The Labute approximate surface area is 113 Å². The molecule has 19 heavy (non-hydrogen) atoms. The van der Waals surface area contributed by atoms with Crippen LogP contribution in [0.3, 0.4) is 0 Å². The third-order valence-corrected chi connectivity index (χ3v) is 2.89. The predicted molar refractivity (Wildman–Crippen MR) is 72.5 cm³/mol. The van der Waals surface area contributed by atoms with Crippen molar-refractivity contribution in [2.45, 2.75) is 13.0 Å². The van der Waals surface area contributed by atoms with Gasteiger partial charge in [-0.15, -0.1) is 0 Å². The number of halogens is 1. The first-order chi connectivity index (χ1) is 8.95. The summed E-state index contributed by atoms with van der Waals surface area (Å²) in [4.78, 5) is 13.8. The minimum Gasteiger partial charge on any atom is -0.468 e. The number of esters is 1. The number of nitrogens with one attached hydrogen (secondary N) is 1. The zero-order valence-corrected chi connectivity index (χ0v) is 11.9. The summed E-state index contributed by atoms with van der Waals surface area (Å²) >= 11 is 0. The van der Waals surface area contributed by atoms with Gasteiger partial charge >= 0.3 is 5.97 Å². The molecule has 1 atom stereocenters. The first-order valence-corrected chi connectivity index (χ1v) is 6.17. The third kappa shape index (κ3) is 4.61. The topological polar surface area (TPSA) is 41.6 Å². The highest BCUT2D eigenvalue weighted by atomic mass is 19.1. The van der Waals surface area contributed by atoms with Crippen molar-refractivity contribution in [2.75, 3.05) is 34.3 Å². The SMILES string of the molecule is COC(=O)C(NCCN(C)C)c1ccc(F)cc1C. The largest absolute Gasteiger partial charge is 0.468 e. The first kappa shape index (κ1) is 15.6. The second-order valence-corrected chi connectivity index (χ2v) is 4.71. The Hall–Kier alpha value is -1.46. The molecule has 106 valence electrons. The van der Waals surface area contributed by atoms with E-state index in [1.54, 1.807) is 13.0 Å². The normalized spacial score (nSPS) is 12.5. The molecule has 0 amide bonds. The number of nitrogens with zero attached hydrogens (tertiary/aromatic N) is 1. The lowest BCUT2D eigenvalue weighted by molar-refractivity contribution is -0.143. The van der Waals surface area contributed by atoms with Gasteiger partial charge in [0.05, 0.1) is 7.11 Å². The second kappa shape index (κ2) is 7.21. The first-order valence-electron chi connectivity index (χ1n) is 6.17. The van der Waals surface area contributed by atoms with Crippen LogP contribution in [0.25, 0.3) is 0 Å². The maximum atomic E-state index is 13.1. The van der Waals surface area contributed by atoms with E-state index in [2.05, 4.69) is 5.32 Å². The van der Waals surface area contributed by atoms with Crippen LogP contribution in [0.15, 0.2) is 18.2 Å². The summed E-state index contributed by atoms with van der Waals surface area (Å²) in [6.45, 7) is 3.22. The van der Waals surface area contributed by atoms with Gasteiger partial charge in [-0.05, 0) is 44.3 Å². The highest BCUT2D eigenvalue weighted by molar-refractivity contribution is 5.78. The van der Waals surface area contributed by atoms with Crippen LogP contribution in [0.4, 0.5) is 4.39 Å². The molecule has 4 nitrogen and oxygen atoms in total. The van der Waals surface area contributed by atoms with Gasteiger partial charge < -0.3 is 9.64 Å². The molecule has 1 aromatic rings. The molecule has 0 aliphatic rings. The lowest BCUT2D eigenvalue weighted by atomic mass is 10.0. The molecule has 5 heteroatoms. The summed E-state index contributed by atoms with van der Waals surface area (Å²) in [5, 5.41) is 3.14. The van der Waals surface area contributed by atoms with E-state index in [1.165, 1.54) is 19.2 Å². The lowest BCUT2D eigenvalue weighted by Gasteiger charge is -2.20. The lowest BCUT2D eigenvalue weighted by Crippen LogP contribution is -2.35. The minimum absolute atomic E-state index is 0.307. The van der Waals surface area contributed by atoms with Gasteiger partial charge in [-0.3, -0.25) is 5.32 Å². The van der Waals surface area contributed by atoms with Crippen molar-refractivity contribution < 1.29 is 13.9 Å². The molecule has 0 saturated heterocycles. The van der Waals surface area contributed by atoms with Gasteiger partial charge in [0, 0.05) is 13.1 Å². The summed E-state index contributed by atoms with van der Waals surface area (Å²) in [5.74, 6) is -0.674. The Bertz CT molecular complexity index is 435. The molecule has 1 N–H and O–H groups in total. The van der Waals surface area contributed by atoms with Crippen molar-refractivity contribution in [3.05, 3.63) is 35.1 Å². The molecule has 0 aromatic heterocycles. The van der Waals surface area contributed by atoms with Crippen LogP contribution in [-0.2, 0) is 9.53 Å². The Morgan fingerprint density at radius 3 is 2.68 bits per heavy atom. The number of likely N-dealkylation sites (N-methyl/N-ethyl adjacent to an activating group) is 1. The van der Waals surface area contributed by atoms with E-state index < -0.39 is 6.04 Å². The number of carbonyl (C=O) groups excluding carboxylic acids is 1. The Kier molecular flexibility index (Phi) is 5.92.